The van der Waals surface area contributed by atoms with Crippen LogP contribution in [0.15, 0.2) is 40.1 Å². The van der Waals surface area contributed by atoms with Gasteiger partial charge in [0.2, 0.25) is 0 Å². The summed E-state index contributed by atoms with van der Waals surface area (Å²) in [6.45, 7) is 5.58. The predicted molar refractivity (Wildman–Crippen MR) is 76.7 cm³/mol. The Morgan fingerprint density at radius 1 is 1.50 bits per heavy atom. The van der Waals surface area contributed by atoms with Gasteiger partial charge in [0, 0.05) is 5.75 Å². The Morgan fingerprint density at radius 2 is 2.28 bits per heavy atom. The molecule has 1 aromatic rings. The van der Waals surface area contributed by atoms with E-state index in [1.807, 2.05) is 13.0 Å². The molecule has 0 amide bonds. The minimum absolute atomic E-state index is 0.254. The summed E-state index contributed by atoms with van der Waals surface area (Å²) in [6.07, 6.45) is 2.50. The van der Waals surface area contributed by atoms with E-state index in [2.05, 4.69) is 16.3 Å². The minimum Gasteiger partial charge on any atom is -0.333 e. The van der Waals surface area contributed by atoms with Gasteiger partial charge in [-0.1, -0.05) is 30.8 Å². The van der Waals surface area contributed by atoms with Crippen LogP contribution in [0.1, 0.15) is 12.5 Å². The number of benzene rings is 1. The van der Waals surface area contributed by atoms with E-state index in [0.29, 0.717) is 16.6 Å². The molecule has 6 heteroatoms. The molecule has 96 valence electrons. The lowest BCUT2D eigenvalue weighted by Gasteiger charge is -2.17. The first-order valence-corrected chi connectivity index (χ1v) is 7.98. The monoisotopic (exact) mass is 282 g/mol. The summed E-state index contributed by atoms with van der Waals surface area (Å²) in [5.41, 5.74) is 1.57. The average Bonchev–Trinajstić information content (AvgIpc) is 2.35. The molecule has 0 aliphatic carbocycles. The van der Waals surface area contributed by atoms with Crippen molar-refractivity contribution in [1.82, 2.24) is 0 Å². The maximum atomic E-state index is 12.0. The topological polar surface area (TPSA) is 58.5 Å². The van der Waals surface area contributed by atoms with Crippen LogP contribution in [0.5, 0.6) is 0 Å². The van der Waals surface area contributed by atoms with Crippen molar-refractivity contribution in [2.75, 3.05) is 11.1 Å². The Balaban J connectivity index is 2.41. The number of hydrogen-bond acceptors (Lipinski definition) is 4. The van der Waals surface area contributed by atoms with E-state index in [-0.39, 0.29) is 4.90 Å². The van der Waals surface area contributed by atoms with Crippen LogP contribution in [0.3, 0.4) is 0 Å². The number of hydrogen-bond donors (Lipinski definition) is 1. The normalized spacial score (nSPS) is 16.4. The van der Waals surface area contributed by atoms with E-state index in [4.69, 9.17) is 0 Å². The fourth-order valence-corrected chi connectivity index (χ4v) is 3.62. The highest BCUT2D eigenvalue weighted by molar-refractivity contribution is 8.15. The van der Waals surface area contributed by atoms with Gasteiger partial charge in [0.05, 0.1) is 5.69 Å². The predicted octanol–water partition coefficient (Wildman–Crippen LogP) is 2.64. The molecule has 4 nitrogen and oxygen atoms in total. The van der Waals surface area contributed by atoms with Crippen LogP contribution in [0, 0.1) is 0 Å². The Kier molecular flexibility index (Phi) is 3.77. The number of nitrogens with one attached hydrogen (secondary N) is 1. The summed E-state index contributed by atoms with van der Waals surface area (Å²) in [4.78, 5) is 0.254. The first-order valence-electron chi connectivity index (χ1n) is 5.55. The van der Waals surface area contributed by atoms with E-state index in [1.165, 1.54) is 11.8 Å². The second-order valence-corrected chi connectivity index (χ2v) is 6.36. The zero-order valence-electron chi connectivity index (χ0n) is 10.0. The summed E-state index contributed by atoms with van der Waals surface area (Å²) in [5, 5.41) is 3.42. The summed E-state index contributed by atoms with van der Waals surface area (Å²) < 4.78 is 27.9. The number of rotatable bonds is 3. The molecule has 1 aromatic carbocycles. The molecule has 0 bridgehead atoms. The lowest BCUT2D eigenvalue weighted by Crippen LogP contribution is -2.19. The van der Waals surface area contributed by atoms with Gasteiger partial charge in [-0.15, -0.1) is 11.0 Å². The van der Waals surface area contributed by atoms with E-state index < -0.39 is 10.0 Å². The second kappa shape index (κ2) is 5.16. The molecule has 1 heterocycles. The molecule has 0 saturated heterocycles. The molecule has 0 spiro atoms. The van der Waals surface area contributed by atoms with Crippen LogP contribution in [0.4, 0.5) is 5.69 Å². The molecule has 0 saturated carbocycles. The SMILES string of the molecule is C=CCSC1=NS(=O)(=O)c2cc(CC)ccc2N1. The summed E-state index contributed by atoms with van der Waals surface area (Å²) in [5.74, 6) is 0.615. The van der Waals surface area contributed by atoms with Crippen LogP contribution in [-0.4, -0.2) is 19.3 Å². The van der Waals surface area contributed by atoms with Gasteiger partial charge in [0.25, 0.3) is 10.0 Å². The Bertz CT molecular complexity index is 607. The molecule has 1 N–H and O–H groups in total. The van der Waals surface area contributed by atoms with Crippen molar-refractivity contribution in [3.63, 3.8) is 0 Å². The average molecular weight is 282 g/mol. The molecule has 0 fully saturated rings. The van der Waals surface area contributed by atoms with Gasteiger partial charge in [-0.2, -0.15) is 8.42 Å². The summed E-state index contributed by atoms with van der Waals surface area (Å²) in [7, 11) is -3.58. The van der Waals surface area contributed by atoms with Gasteiger partial charge < -0.3 is 5.32 Å². The van der Waals surface area contributed by atoms with Crippen molar-refractivity contribution in [1.29, 1.82) is 0 Å². The zero-order chi connectivity index (χ0) is 13.2. The van der Waals surface area contributed by atoms with Crippen molar-refractivity contribution in [2.24, 2.45) is 4.40 Å². The van der Waals surface area contributed by atoms with Crippen LogP contribution in [0.2, 0.25) is 0 Å². The van der Waals surface area contributed by atoms with Crippen LogP contribution < -0.4 is 5.32 Å². The van der Waals surface area contributed by atoms with Crippen LogP contribution in [-0.2, 0) is 16.4 Å². The third kappa shape index (κ3) is 2.59. The Labute approximate surface area is 111 Å². The number of thioether (sulfide) groups is 1. The third-order valence-corrected chi connectivity index (χ3v) is 4.82. The zero-order valence-corrected chi connectivity index (χ0v) is 11.6. The van der Waals surface area contributed by atoms with E-state index >= 15 is 0 Å². The van der Waals surface area contributed by atoms with Gasteiger partial charge in [0.15, 0.2) is 5.17 Å². The number of nitrogens with zero attached hydrogens (tertiary/aromatic N) is 1. The molecule has 0 unspecified atom stereocenters. The van der Waals surface area contributed by atoms with Crippen molar-refractivity contribution in [2.45, 2.75) is 18.2 Å². The van der Waals surface area contributed by atoms with E-state index in [9.17, 15) is 8.42 Å². The molecule has 0 atom stereocenters. The summed E-state index contributed by atoms with van der Waals surface area (Å²) >= 11 is 1.31. The lowest BCUT2D eigenvalue weighted by atomic mass is 10.1. The first kappa shape index (κ1) is 13.2. The highest BCUT2D eigenvalue weighted by Crippen LogP contribution is 2.30. The smallest absolute Gasteiger partial charge is 0.286 e. The maximum Gasteiger partial charge on any atom is 0.286 e. The highest BCUT2D eigenvalue weighted by Gasteiger charge is 2.24. The van der Waals surface area contributed by atoms with Crippen molar-refractivity contribution in [3.8, 4) is 0 Å². The number of anilines is 1. The van der Waals surface area contributed by atoms with Gasteiger partial charge in [-0.05, 0) is 24.1 Å². The van der Waals surface area contributed by atoms with Crippen molar-refractivity contribution < 1.29 is 8.42 Å². The summed E-state index contributed by atoms with van der Waals surface area (Å²) in [6, 6.07) is 5.38. The van der Waals surface area contributed by atoms with Crippen LogP contribution >= 0.6 is 11.8 Å². The molecule has 1 aliphatic rings. The Morgan fingerprint density at radius 3 is 2.94 bits per heavy atom. The third-order valence-electron chi connectivity index (χ3n) is 2.51. The number of fused-ring (bicyclic) bond motifs is 1. The van der Waals surface area contributed by atoms with Gasteiger partial charge in [-0.3, -0.25) is 0 Å². The molecule has 18 heavy (non-hydrogen) atoms. The van der Waals surface area contributed by atoms with Gasteiger partial charge in [-0.25, -0.2) is 0 Å². The maximum absolute atomic E-state index is 12.0. The highest BCUT2D eigenvalue weighted by atomic mass is 32.2. The van der Waals surface area contributed by atoms with E-state index in [0.717, 1.165) is 12.0 Å². The molecule has 0 radical (unpaired) electrons. The molecule has 0 aromatic heterocycles. The van der Waals surface area contributed by atoms with Crippen LogP contribution in [0.25, 0.3) is 0 Å². The van der Waals surface area contributed by atoms with E-state index in [1.54, 1.807) is 18.2 Å². The fourth-order valence-electron chi connectivity index (χ4n) is 1.60. The quantitative estimate of drug-likeness (QED) is 0.866. The van der Waals surface area contributed by atoms with Gasteiger partial charge >= 0.3 is 0 Å². The largest absolute Gasteiger partial charge is 0.333 e. The Hall–Kier alpha value is -1.27. The molecular weight excluding hydrogens is 268 g/mol. The number of aryl methyl sites for hydroxylation is 1. The number of amidine groups is 1. The van der Waals surface area contributed by atoms with Crippen molar-refractivity contribution in [3.05, 3.63) is 36.4 Å². The first-order chi connectivity index (χ1) is 8.56. The number of sulfonamides is 1. The van der Waals surface area contributed by atoms with Gasteiger partial charge in [0.1, 0.15) is 4.90 Å². The van der Waals surface area contributed by atoms with Crippen molar-refractivity contribution >= 4 is 32.6 Å². The molecule has 2 rings (SSSR count). The fraction of sp³-hybridized carbons (Fsp3) is 0.250. The minimum atomic E-state index is -3.58. The molecule has 1 aliphatic heterocycles. The molecular formula is C12H14N2O2S2. The standard InChI is InChI=1S/C12H14N2O2S2/c1-3-7-17-12-13-10-6-5-9(4-2)8-11(10)18(15,16)14-12/h3,5-6,8H,1,4,7H2,2H3,(H,13,14). The lowest BCUT2D eigenvalue weighted by molar-refractivity contribution is 0.598. The second-order valence-electron chi connectivity index (χ2n) is 3.78.